The molecule has 1 heterocycles. The summed E-state index contributed by atoms with van der Waals surface area (Å²) in [7, 11) is 0. The highest BCUT2D eigenvalue weighted by molar-refractivity contribution is 6.42. The Balaban J connectivity index is 1.74. The molecule has 21 heavy (non-hydrogen) atoms. The first-order valence-corrected chi connectivity index (χ1v) is 8.85. The Kier molecular flexibility index (Phi) is 7.31. The molecule has 2 nitrogen and oxygen atoms in total. The van der Waals surface area contributed by atoms with Crippen molar-refractivity contribution in [2.24, 2.45) is 0 Å². The van der Waals surface area contributed by atoms with E-state index in [4.69, 9.17) is 23.2 Å². The van der Waals surface area contributed by atoms with Gasteiger partial charge in [-0.25, -0.2) is 0 Å². The van der Waals surface area contributed by atoms with Crippen LogP contribution in [0.15, 0.2) is 18.2 Å². The van der Waals surface area contributed by atoms with Crippen LogP contribution in [0, 0.1) is 0 Å². The number of likely N-dealkylation sites (tertiary alicyclic amines) is 1. The lowest BCUT2D eigenvalue weighted by atomic mass is 10.1. The zero-order valence-electron chi connectivity index (χ0n) is 12.9. The number of hydrogen-bond donors (Lipinski definition) is 1. The summed E-state index contributed by atoms with van der Waals surface area (Å²) in [5.74, 6) is 0. The Morgan fingerprint density at radius 3 is 2.81 bits per heavy atom. The maximum absolute atomic E-state index is 6.05. The first-order chi connectivity index (χ1) is 10.2. The average Bonchev–Trinajstić information content (AvgIpc) is 2.72. The monoisotopic (exact) mass is 328 g/mol. The number of nitrogens with zero attached hydrogens (tertiary/aromatic N) is 1. The summed E-state index contributed by atoms with van der Waals surface area (Å²) in [5, 5.41) is 4.89. The van der Waals surface area contributed by atoms with Gasteiger partial charge in [0.05, 0.1) is 10.0 Å². The lowest BCUT2D eigenvalue weighted by Gasteiger charge is -2.28. The molecule has 1 fully saturated rings. The summed E-state index contributed by atoms with van der Waals surface area (Å²) in [6, 6.07) is 6.60. The van der Waals surface area contributed by atoms with Gasteiger partial charge in [-0.15, -0.1) is 0 Å². The van der Waals surface area contributed by atoms with Gasteiger partial charge in [0.25, 0.3) is 0 Å². The van der Waals surface area contributed by atoms with Gasteiger partial charge in [0.1, 0.15) is 0 Å². The third-order valence-corrected chi connectivity index (χ3v) is 5.10. The highest BCUT2D eigenvalue weighted by atomic mass is 35.5. The molecule has 0 aliphatic carbocycles. The Morgan fingerprint density at radius 1 is 1.19 bits per heavy atom. The van der Waals surface area contributed by atoms with E-state index in [1.807, 2.05) is 12.1 Å². The molecule has 1 aliphatic heterocycles. The van der Waals surface area contributed by atoms with Crippen LogP contribution in [-0.4, -0.2) is 37.1 Å². The van der Waals surface area contributed by atoms with E-state index in [-0.39, 0.29) is 0 Å². The van der Waals surface area contributed by atoms with Crippen molar-refractivity contribution in [1.29, 1.82) is 0 Å². The third kappa shape index (κ3) is 5.45. The lowest BCUT2D eigenvalue weighted by molar-refractivity contribution is 0.205. The van der Waals surface area contributed by atoms with Crippen LogP contribution in [-0.2, 0) is 6.42 Å². The second-order valence-corrected chi connectivity index (χ2v) is 6.65. The predicted molar refractivity (Wildman–Crippen MR) is 92.5 cm³/mol. The number of nitrogens with one attached hydrogen (secondary N) is 1. The molecule has 1 atom stereocenters. The maximum atomic E-state index is 6.05. The second-order valence-electron chi connectivity index (χ2n) is 5.83. The molecule has 2 rings (SSSR count). The second kappa shape index (κ2) is 8.99. The van der Waals surface area contributed by atoms with Gasteiger partial charge in [0, 0.05) is 12.6 Å². The molecule has 1 unspecified atom stereocenters. The van der Waals surface area contributed by atoms with Gasteiger partial charge in [-0.2, -0.15) is 0 Å². The Bertz CT molecular complexity index is 437. The average molecular weight is 329 g/mol. The maximum Gasteiger partial charge on any atom is 0.0595 e. The quantitative estimate of drug-likeness (QED) is 0.779. The molecule has 0 radical (unpaired) electrons. The smallest absolute Gasteiger partial charge is 0.0595 e. The van der Waals surface area contributed by atoms with E-state index in [2.05, 4.69) is 23.2 Å². The SMILES string of the molecule is CCN1CCCCCC1CNCCc1ccc(Cl)c(Cl)c1. The molecule has 118 valence electrons. The summed E-state index contributed by atoms with van der Waals surface area (Å²) in [4.78, 5) is 2.62. The van der Waals surface area contributed by atoms with Crippen molar-refractivity contribution in [2.45, 2.75) is 45.1 Å². The van der Waals surface area contributed by atoms with Crippen LogP contribution in [0.4, 0.5) is 0 Å². The number of rotatable bonds is 6. The molecular weight excluding hydrogens is 303 g/mol. The van der Waals surface area contributed by atoms with Crippen molar-refractivity contribution in [3.05, 3.63) is 33.8 Å². The minimum atomic E-state index is 0.630. The van der Waals surface area contributed by atoms with Crippen LogP contribution in [0.3, 0.4) is 0 Å². The van der Waals surface area contributed by atoms with Gasteiger partial charge in [0.2, 0.25) is 0 Å². The number of likely N-dealkylation sites (N-methyl/N-ethyl adjacent to an activating group) is 1. The van der Waals surface area contributed by atoms with Crippen LogP contribution in [0.1, 0.15) is 38.2 Å². The topological polar surface area (TPSA) is 15.3 Å². The van der Waals surface area contributed by atoms with E-state index in [0.29, 0.717) is 16.1 Å². The molecular formula is C17H26Cl2N2. The fourth-order valence-corrected chi connectivity index (χ4v) is 3.40. The van der Waals surface area contributed by atoms with Crippen LogP contribution in [0.25, 0.3) is 0 Å². The largest absolute Gasteiger partial charge is 0.315 e. The highest BCUT2D eigenvalue weighted by Crippen LogP contribution is 2.22. The minimum absolute atomic E-state index is 0.630. The molecule has 0 bridgehead atoms. The molecule has 1 N–H and O–H groups in total. The van der Waals surface area contributed by atoms with E-state index in [1.165, 1.54) is 44.3 Å². The van der Waals surface area contributed by atoms with Crippen molar-refractivity contribution in [3.8, 4) is 0 Å². The summed E-state index contributed by atoms with van der Waals surface area (Å²) in [5.41, 5.74) is 1.24. The number of hydrogen-bond acceptors (Lipinski definition) is 2. The summed E-state index contributed by atoms with van der Waals surface area (Å²) in [6.07, 6.45) is 6.43. The van der Waals surface area contributed by atoms with E-state index in [9.17, 15) is 0 Å². The number of halogens is 2. The summed E-state index contributed by atoms with van der Waals surface area (Å²) < 4.78 is 0. The summed E-state index contributed by atoms with van der Waals surface area (Å²) >= 11 is 12.0. The molecule has 4 heteroatoms. The van der Waals surface area contributed by atoms with Gasteiger partial charge in [0.15, 0.2) is 0 Å². The van der Waals surface area contributed by atoms with Gasteiger partial charge < -0.3 is 5.32 Å². The van der Waals surface area contributed by atoms with Gasteiger partial charge >= 0.3 is 0 Å². The summed E-state index contributed by atoms with van der Waals surface area (Å²) in [6.45, 7) is 6.78. The van der Waals surface area contributed by atoms with E-state index < -0.39 is 0 Å². The van der Waals surface area contributed by atoms with Crippen molar-refractivity contribution in [1.82, 2.24) is 10.2 Å². The van der Waals surface area contributed by atoms with E-state index in [1.54, 1.807) is 0 Å². The van der Waals surface area contributed by atoms with E-state index in [0.717, 1.165) is 19.5 Å². The Morgan fingerprint density at radius 2 is 2.05 bits per heavy atom. The zero-order valence-corrected chi connectivity index (χ0v) is 14.4. The van der Waals surface area contributed by atoms with Gasteiger partial charge in [-0.3, -0.25) is 4.90 Å². The normalized spacial score (nSPS) is 20.4. The van der Waals surface area contributed by atoms with Crippen LogP contribution in [0.2, 0.25) is 10.0 Å². The van der Waals surface area contributed by atoms with Gasteiger partial charge in [-0.05, 0) is 56.6 Å². The van der Waals surface area contributed by atoms with E-state index >= 15 is 0 Å². The van der Waals surface area contributed by atoms with Gasteiger partial charge in [-0.1, -0.05) is 49.0 Å². The molecule has 1 aromatic rings. The first-order valence-electron chi connectivity index (χ1n) is 8.09. The van der Waals surface area contributed by atoms with Crippen LogP contribution in [0.5, 0.6) is 0 Å². The van der Waals surface area contributed by atoms with Crippen LogP contribution < -0.4 is 5.32 Å². The Hall–Kier alpha value is -0.280. The molecule has 0 spiro atoms. The predicted octanol–water partition coefficient (Wildman–Crippen LogP) is 4.39. The molecule has 0 saturated carbocycles. The van der Waals surface area contributed by atoms with Crippen LogP contribution >= 0.6 is 23.2 Å². The third-order valence-electron chi connectivity index (χ3n) is 4.36. The zero-order chi connectivity index (χ0) is 15.1. The van der Waals surface area contributed by atoms with Crippen molar-refractivity contribution in [2.75, 3.05) is 26.2 Å². The van der Waals surface area contributed by atoms with Crippen molar-refractivity contribution in [3.63, 3.8) is 0 Å². The fourth-order valence-electron chi connectivity index (χ4n) is 3.08. The minimum Gasteiger partial charge on any atom is -0.315 e. The van der Waals surface area contributed by atoms with Crippen molar-refractivity contribution >= 4 is 23.2 Å². The Labute approximate surface area is 138 Å². The number of benzene rings is 1. The molecule has 1 aliphatic rings. The molecule has 0 amide bonds. The molecule has 1 aromatic carbocycles. The standard InChI is InChI=1S/C17H26Cl2N2/c1-2-21-11-5-3-4-6-15(21)13-20-10-9-14-7-8-16(18)17(19)12-14/h7-8,12,15,20H,2-6,9-11,13H2,1H3. The first kappa shape index (κ1) is 17.1. The molecule has 0 aromatic heterocycles. The highest BCUT2D eigenvalue weighted by Gasteiger charge is 2.18. The fraction of sp³-hybridized carbons (Fsp3) is 0.647. The lowest BCUT2D eigenvalue weighted by Crippen LogP contribution is -2.42. The van der Waals surface area contributed by atoms with Crippen molar-refractivity contribution < 1.29 is 0 Å². The molecule has 1 saturated heterocycles.